The summed E-state index contributed by atoms with van der Waals surface area (Å²) in [6.07, 6.45) is 1.28. The molecule has 0 radical (unpaired) electrons. The van der Waals surface area contributed by atoms with Gasteiger partial charge in [0.05, 0.1) is 12.6 Å². The summed E-state index contributed by atoms with van der Waals surface area (Å²) in [5.74, 6) is 0.690. The van der Waals surface area contributed by atoms with Gasteiger partial charge in [-0.15, -0.1) is 0 Å². The van der Waals surface area contributed by atoms with Crippen molar-refractivity contribution in [1.82, 2.24) is 9.80 Å². The number of imide groups is 1. The van der Waals surface area contributed by atoms with Crippen LogP contribution in [0.5, 0.6) is 0 Å². The predicted octanol–water partition coefficient (Wildman–Crippen LogP) is 1.41. The molecule has 0 aromatic heterocycles. The minimum Gasteiger partial charge on any atom is -0.393 e. The lowest BCUT2D eigenvalue weighted by Gasteiger charge is -2.30. The van der Waals surface area contributed by atoms with Gasteiger partial charge in [0.1, 0.15) is 0 Å². The highest BCUT2D eigenvalue weighted by Gasteiger charge is 2.52. The minimum absolute atomic E-state index is 0.260. The molecule has 2 unspecified atom stereocenters. The number of aliphatic imine (C=N–C) groups is 1. The van der Waals surface area contributed by atoms with Gasteiger partial charge in [-0.1, -0.05) is 30.3 Å². The number of amides is 3. The van der Waals surface area contributed by atoms with Crippen LogP contribution in [-0.4, -0.2) is 81.0 Å². The first kappa shape index (κ1) is 19.6. The number of aryl methyl sites for hydroxylation is 1. The standard InChI is InChI=1S/C19H25N4O3S/c1-13(24)12-27-18-20-16-15(17(25)22(3)19(26)21(16)2)23(18)11-7-10-14-8-5-4-6-9-14/h4-6,8-9,13,15,24H,7,10-12H2,1-3H3/q+1. The molecule has 27 heavy (non-hydrogen) atoms. The fraction of sp³-hybridized carbons (Fsp3) is 0.474. The van der Waals surface area contributed by atoms with Gasteiger partial charge in [0, 0.05) is 19.8 Å². The average molecular weight is 390 g/mol. The van der Waals surface area contributed by atoms with Crippen molar-refractivity contribution in [3.8, 4) is 0 Å². The number of amidine groups is 2. The Morgan fingerprint density at radius 3 is 2.59 bits per heavy atom. The van der Waals surface area contributed by atoms with E-state index in [1.165, 1.54) is 29.3 Å². The summed E-state index contributed by atoms with van der Waals surface area (Å²) in [5.41, 5.74) is 1.25. The van der Waals surface area contributed by atoms with Gasteiger partial charge < -0.3 is 5.11 Å². The van der Waals surface area contributed by atoms with Crippen LogP contribution in [0, 0.1) is 0 Å². The molecule has 2 aliphatic rings. The lowest BCUT2D eigenvalue weighted by atomic mass is 10.1. The summed E-state index contributed by atoms with van der Waals surface area (Å²) < 4.78 is 1.97. The molecular weight excluding hydrogens is 364 g/mol. The number of carbonyl (C=O) groups is 2. The van der Waals surface area contributed by atoms with E-state index in [4.69, 9.17) is 0 Å². The van der Waals surface area contributed by atoms with Gasteiger partial charge in [-0.05, 0) is 42.1 Å². The molecule has 2 aliphatic heterocycles. The topological polar surface area (TPSA) is 76.2 Å². The Morgan fingerprint density at radius 1 is 1.22 bits per heavy atom. The molecule has 1 saturated heterocycles. The van der Waals surface area contributed by atoms with Crippen LogP contribution in [0.1, 0.15) is 18.9 Å². The number of carbonyl (C=O) groups excluding carboxylic acids is 2. The zero-order valence-electron chi connectivity index (χ0n) is 15.8. The number of urea groups is 1. The number of hydrogen-bond donors (Lipinski definition) is 1. The molecule has 0 saturated carbocycles. The van der Waals surface area contributed by atoms with E-state index in [0.717, 1.165) is 17.7 Å². The SMILES string of the molecule is CC(O)CSC1=[N+](CCCc2ccccc2)C2C(=O)N(C)C(=O)N(C)C2=N1. The van der Waals surface area contributed by atoms with Crippen LogP contribution < -0.4 is 0 Å². The Hall–Kier alpha value is -2.19. The quantitative estimate of drug-likeness (QED) is 0.747. The van der Waals surface area contributed by atoms with Crippen LogP contribution in [0.2, 0.25) is 0 Å². The van der Waals surface area contributed by atoms with Gasteiger partial charge >= 0.3 is 11.2 Å². The number of aliphatic hydroxyl groups is 1. The first-order valence-electron chi connectivity index (χ1n) is 9.02. The van der Waals surface area contributed by atoms with Crippen molar-refractivity contribution in [3.63, 3.8) is 0 Å². The maximum Gasteiger partial charge on any atom is 0.358 e. The van der Waals surface area contributed by atoms with Crippen LogP contribution >= 0.6 is 11.8 Å². The second-order valence-corrected chi connectivity index (χ2v) is 7.82. The molecule has 2 atom stereocenters. The van der Waals surface area contributed by atoms with E-state index in [-0.39, 0.29) is 11.9 Å². The normalized spacial score (nSPS) is 20.9. The molecule has 7 nitrogen and oxygen atoms in total. The van der Waals surface area contributed by atoms with Gasteiger partial charge in [-0.25, -0.2) is 9.37 Å². The number of benzene rings is 1. The van der Waals surface area contributed by atoms with E-state index in [1.54, 1.807) is 14.0 Å². The summed E-state index contributed by atoms with van der Waals surface area (Å²) in [4.78, 5) is 32.2. The fourth-order valence-corrected chi connectivity index (χ4v) is 4.12. The van der Waals surface area contributed by atoms with E-state index in [2.05, 4.69) is 17.1 Å². The number of nitrogens with zero attached hydrogens (tertiary/aromatic N) is 4. The highest BCUT2D eigenvalue weighted by Crippen LogP contribution is 2.23. The second-order valence-electron chi connectivity index (χ2n) is 6.84. The molecule has 144 valence electrons. The van der Waals surface area contributed by atoms with Crippen molar-refractivity contribution < 1.29 is 19.3 Å². The van der Waals surface area contributed by atoms with Gasteiger partial charge in [0.2, 0.25) is 0 Å². The zero-order valence-corrected chi connectivity index (χ0v) is 16.6. The third-order valence-corrected chi connectivity index (χ3v) is 5.89. The molecule has 3 rings (SSSR count). The Bertz CT molecular complexity index is 791. The smallest absolute Gasteiger partial charge is 0.358 e. The van der Waals surface area contributed by atoms with Crippen molar-refractivity contribution in [2.24, 2.45) is 4.99 Å². The summed E-state index contributed by atoms with van der Waals surface area (Å²) in [5, 5.41) is 10.3. The predicted molar refractivity (Wildman–Crippen MR) is 106 cm³/mol. The van der Waals surface area contributed by atoms with Crippen molar-refractivity contribution >= 4 is 34.7 Å². The lowest BCUT2D eigenvalue weighted by Crippen LogP contribution is -2.61. The highest BCUT2D eigenvalue weighted by atomic mass is 32.2. The molecule has 1 fully saturated rings. The third-order valence-electron chi connectivity index (χ3n) is 4.66. The summed E-state index contributed by atoms with van der Waals surface area (Å²) in [6, 6.07) is 9.25. The molecule has 0 aliphatic carbocycles. The average Bonchev–Trinajstić information content (AvgIpc) is 3.02. The number of hydrogen-bond acceptors (Lipinski definition) is 5. The monoisotopic (exact) mass is 389 g/mol. The molecule has 3 amide bonds. The first-order valence-corrected chi connectivity index (χ1v) is 10.0. The van der Waals surface area contributed by atoms with Crippen LogP contribution in [0.25, 0.3) is 0 Å². The molecule has 8 heteroatoms. The zero-order chi connectivity index (χ0) is 19.6. The minimum atomic E-state index is -0.579. The Kier molecular flexibility index (Phi) is 5.96. The summed E-state index contributed by atoms with van der Waals surface area (Å²) >= 11 is 1.42. The summed E-state index contributed by atoms with van der Waals surface area (Å²) in [7, 11) is 3.14. The van der Waals surface area contributed by atoms with E-state index in [0.29, 0.717) is 23.3 Å². The molecule has 0 spiro atoms. The fourth-order valence-electron chi connectivity index (χ4n) is 3.21. The van der Waals surface area contributed by atoms with E-state index in [1.807, 2.05) is 22.8 Å². The van der Waals surface area contributed by atoms with Crippen LogP contribution in [0.4, 0.5) is 4.79 Å². The van der Waals surface area contributed by atoms with Crippen LogP contribution in [0.3, 0.4) is 0 Å². The van der Waals surface area contributed by atoms with Crippen molar-refractivity contribution in [2.45, 2.75) is 31.9 Å². The second kappa shape index (κ2) is 8.22. The Balaban J connectivity index is 1.81. The van der Waals surface area contributed by atoms with Crippen LogP contribution in [0.15, 0.2) is 35.3 Å². The maximum atomic E-state index is 12.8. The number of likely N-dealkylation sites (N-methyl/N-ethyl adjacent to an activating group) is 2. The van der Waals surface area contributed by atoms with E-state index >= 15 is 0 Å². The van der Waals surface area contributed by atoms with Gasteiger partial charge in [-0.2, -0.15) is 0 Å². The Morgan fingerprint density at radius 2 is 1.93 bits per heavy atom. The third kappa shape index (κ3) is 4.06. The molecular formula is C19H25N4O3S+. The molecule has 1 aromatic rings. The molecule has 1 N–H and O–H groups in total. The van der Waals surface area contributed by atoms with Gasteiger partial charge in [0.15, 0.2) is 0 Å². The molecule has 1 aromatic carbocycles. The van der Waals surface area contributed by atoms with Gasteiger partial charge in [0.25, 0.3) is 17.8 Å². The van der Waals surface area contributed by atoms with Crippen molar-refractivity contribution in [1.29, 1.82) is 0 Å². The number of fused-ring (bicyclic) bond motifs is 1. The number of aliphatic hydroxyl groups excluding tert-OH is 1. The first-order chi connectivity index (χ1) is 12.9. The van der Waals surface area contributed by atoms with Gasteiger partial charge in [-0.3, -0.25) is 14.6 Å². The summed E-state index contributed by atoms with van der Waals surface area (Å²) in [6.45, 7) is 2.37. The van der Waals surface area contributed by atoms with Crippen molar-refractivity contribution in [3.05, 3.63) is 35.9 Å². The van der Waals surface area contributed by atoms with E-state index in [9.17, 15) is 14.7 Å². The van der Waals surface area contributed by atoms with Crippen LogP contribution in [-0.2, 0) is 11.2 Å². The highest BCUT2D eigenvalue weighted by molar-refractivity contribution is 8.13. The lowest BCUT2D eigenvalue weighted by molar-refractivity contribution is -0.533. The van der Waals surface area contributed by atoms with Crippen molar-refractivity contribution in [2.75, 3.05) is 26.4 Å². The number of rotatable bonds is 6. The Labute approximate surface area is 163 Å². The van der Waals surface area contributed by atoms with E-state index < -0.39 is 12.1 Å². The molecule has 0 bridgehead atoms. The number of thioether (sulfide) groups is 1. The maximum absolute atomic E-state index is 12.8. The largest absolute Gasteiger partial charge is 0.393 e. The molecule has 2 heterocycles.